The topological polar surface area (TPSA) is 17.0 Å². The monoisotopic (exact) mass is 180 g/mol. The molecular formula is C11H20N2. The lowest BCUT2D eigenvalue weighted by Crippen LogP contribution is -2.24. The van der Waals surface area contributed by atoms with Crippen molar-refractivity contribution in [3.8, 4) is 0 Å². The number of aromatic nitrogens is 1. The predicted octanol–water partition coefficient (Wildman–Crippen LogP) is 2.40. The Kier molecular flexibility index (Phi) is 4.03. The summed E-state index contributed by atoms with van der Waals surface area (Å²) in [4.78, 5) is 0. The number of nitrogens with zero attached hydrogens (tertiary/aromatic N) is 1. The molecule has 0 amide bonds. The molecular weight excluding hydrogens is 160 g/mol. The van der Waals surface area contributed by atoms with Crippen molar-refractivity contribution in [3.05, 3.63) is 24.0 Å². The third-order valence-electron chi connectivity index (χ3n) is 2.44. The van der Waals surface area contributed by atoms with Gasteiger partial charge in [0, 0.05) is 31.5 Å². The fourth-order valence-corrected chi connectivity index (χ4v) is 1.23. The van der Waals surface area contributed by atoms with E-state index in [0.717, 1.165) is 13.1 Å². The SMILES string of the molecule is CCC(C)NCc1ccn(CC)c1. The van der Waals surface area contributed by atoms with Gasteiger partial charge in [-0.15, -0.1) is 0 Å². The number of hydrogen-bond acceptors (Lipinski definition) is 1. The molecule has 1 aromatic heterocycles. The fraction of sp³-hybridized carbons (Fsp3) is 0.636. The summed E-state index contributed by atoms with van der Waals surface area (Å²) in [6.07, 6.45) is 5.53. The first-order chi connectivity index (χ1) is 6.26. The molecule has 1 rings (SSSR count). The Morgan fingerprint density at radius 1 is 1.46 bits per heavy atom. The van der Waals surface area contributed by atoms with Gasteiger partial charge in [-0.05, 0) is 31.9 Å². The van der Waals surface area contributed by atoms with Crippen LogP contribution in [0.15, 0.2) is 18.5 Å². The van der Waals surface area contributed by atoms with Gasteiger partial charge in [0.05, 0.1) is 0 Å². The van der Waals surface area contributed by atoms with Gasteiger partial charge < -0.3 is 9.88 Å². The van der Waals surface area contributed by atoms with Gasteiger partial charge in [0.2, 0.25) is 0 Å². The van der Waals surface area contributed by atoms with Crippen molar-refractivity contribution >= 4 is 0 Å². The van der Waals surface area contributed by atoms with Crippen molar-refractivity contribution in [2.75, 3.05) is 0 Å². The smallest absolute Gasteiger partial charge is 0.0223 e. The number of hydrogen-bond donors (Lipinski definition) is 1. The normalized spacial score (nSPS) is 13.2. The van der Waals surface area contributed by atoms with Crippen molar-refractivity contribution in [3.63, 3.8) is 0 Å². The lowest BCUT2D eigenvalue weighted by Gasteiger charge is -2.09. The molecule has 2 heteroatoms. The highest BCUT2D eigenvalue weighted by Gasteiger charge is 1.98. The summed E-state index contributed by atoms with van der Waals surface area (Å²) in [6.45, 7) is 8.63. The maximum absolute atomic E-state index is 3.47. The first-order valence-corrected chi connectivity index (χ1v) is 5.14. The molecule has 0 saturated heterocycles. The molecule has 0 saturated carbocycles. The molecule has 2 nitrogen and oxygen atoms in total. The van der Waals surface area contributed by atoms with Crippen LogP contribution >= 0.6 is 0 Å². The van der Waals surface area contributed by atoms with E-state index < -0.39 is 0 Å². The van der Waals surface area contributed by atoms with Gasteiger partial charge in [-0.1, -0.05) is 6.92 Å². The van der Waals surface area contributed by atoms with Crippen LogP contribution in [0.3, 0.4) is 0 Å². The van der Waals surface area contributed by atoms with Crippen molar-refractivity contribution < 1.29 is 0 Å². The first-order valence-electron chi connectivity index (χ1n) is 5.14. The molecule has 1 unspecified atom stereocenters. The van der Waals surface area contributed by atoms with Crippen LogP contribution in [-0.2, 0) is 13.1 Å². The molecule has 74 valence electrons. The zero-order valence-corrected chi connectivity index (χ0v) is 8.88. The van der Waals surface area contributed by atoms with Crippen LogP contribution in [0.25, 0.3) is 0 Å². The van der Waals surface area contributed by atoms with Crippen LogP contribution in [0.5, 0.6) is 0 Å². The Balaban J connectivity index is 2.36. The van der Waals surface area contributed by atoms with E-state index in [1.54, 1.807) is 0 Å². The van der Waals surface area contributed by atoms with E-state index in [4.69, 9.17) is 0 Å². The summed E-state index contributed by atoms with van der Waals surface area (Å²) in [5, 5.41) is 3.47. The van der Waals surface area contributed by atoms with Crippen LogP contribution < -0.4 is 5.32 Å². The van der Waals surface area contributed by atoms with Crippen molar-refractivity contribution in [1.29, 1.82) is 0 Å². The molecule has 1 N–H and O–H groups in total. The molecule has 0 fully saturated rings. The summed E-state index contributed by atoms with van der Waals surface area (Å²) in [5.41, 5.74) is 1.38. The van der Waals surface area contributed by atoms with E-state index in [1.165, 1.54) is 12.0 Å². The van der Waals surface area contributed by atoms with Crippen LogP contribution in [0.1, 0.15) is 32.8 Å². The average Bonchev–Trinajstić information content (AvgIpc) is 2.61. The molecule has 0 aliphatic carbocycles. The zero-order chi connectivity index (χ0) is 9.68. The second-order valence-corrected chi connectivity index (χ2v) is 3.54. The molecule has 1 atom stereocenters. The predicted molar refractivity (Wildman–Crippen MR) is 56.7 cm³/mol. The van der Waals surface area contributed by atoms with Gasteiger partial charge in [0.25, 0.3) is 0 Å². The van der Waals surface area contributed by atoms with E-state index in [-0.39, 0.29) is 0 Å². The minimum Gasteiger partial charge on any atom is -0.354 e. The summed E-state index contributed by atoms with van der Waals surface area (Å²) >= 11 is 0. The largest absolute Gasteiger partial charge is 0.354 e. The summed E-state index contributed by atoms with van der Waals surface area (Å²) < 4.78 is 2.20. The van der Waals surface area contributed by atoms with E-state index >= 15 is 0 Å². The van der Waals surface area contributed by atoms with Gasteiger partial charge in [-0.25, -0.2) is 0 Å². The van der Waals surface area contributed by atoms with Crippen molar-refractivity contribution in [1.82, 2.24) is 9.88 Å². The fourth-order valence-electron chi connectivity index (χ4n) is 1.23. The molecule has 13 heavy (non-hydrogen) atoms. The third-order valence-corrected chi connectivity index (χ3v) is 2.44. The quantitative estimate of drug-likeness (QED) is 0.736. The average molecular weight is 180 g/mol. The minimum atomic E-state index is 0.616. The lowest BCUT2D eigenvalue weighted by molar-refractivity contribution is 0.534. The summed E-state index contributed by atoms with van der Waals surface area (Å²) in [6, 6.07) is 2.80. The molecule has 0 aliphatic heterocycles. The molecule has 1 aromatic rings. The molecule has 0 spiro atoms. The van der Waals surface area contributed by atoms with Gasteiger partial charge in [-0.3, -0.25) is 0 Å². The standard InChI is InChI=1S/C11H20N2/c1-4-10(3)12-8-11-6-7-13(5-2)9-11/h6-7,9-10,12H,4-5,8H2,1-3H3. The maximum atomic E-state index is 3.47. The van der Waals surface area contributed by atoms with Crippen LogP contribution in [-0.4, -0.2) is 10.6 Å². The second-order valence-electron chi connectivity index (χ2n) is 3.54. The van der Waals surface area contributed by atoms with Gasteiger partial charge in [0.15, 0.2) is 0 Å². The molecule has 0 aliphatic rings. The van der Waals surface area contributed by atoms with Crippen molar-refractivity contribution in [2.24, 2.45) is 0 Å². The highest BCUT2D eigenvalue weighted by molar-refractivity contribution is 5.09. The highest BCUT2D eigenvalue weighted by atomic mass is 14.9. The van der Waals surface area contributed by atoms with Crippen LogP contribution in [0, 0.1) is 0 Å². The van der Waals surface area contributed by atoms with Gasteiger partial charge >= 0.3 is 0 Å². The number of aryl methyl sites for hydroxylation is 1. The highest BCUT2D eigenvalue weighted by Crippen LogP contribution is 2.01. The Labute approximate surface area is 81.0 Å². The Hall–Kier alpha value is -0.760. The summed E-state index contributed by atoms with van der Waals surface area (Å²) in [5.74, 6) is 0. The Bertz CT molecular complexity index is 240. The van der Waals surface area contributed by atoms with Gasteiger partial charge in [-0.2, -0.15) is 0 Å². The number of rotatable bonds is 5. The Morgan fingerprint density at radius 2 is 2.23 bits per heavy atom. The molecule has 1 heterocycles. The van der Waals surface area contributed by atoms with E-state index in [0.29, 0.717) is 6.04 Å². The minimum absolute atomic E-state index is 0.616. The van der Waals surface area contributed by atoms with Crippen LogP contribution in [0.2, 0.25) is 0 Å². The van der Waals surface area contributed by atoms with E-state index in [1.807, 2.05) is 0 Å². The maximum Gasteiger partial charge on any atom is 0.0223 e. The molecule has 0 bridgehead atoms. The first kappa shape index (κ1) is 10.3. The molecule has 0 radical (unpaired) electrons. The van der Waals surface area contributed by atoms with E-state index in [2.05, 4.69) is 49.1 Å². The third kappa shape index (κ3) is 3.23. The molecule has 0 aromatic carbocycles. The van der Waals surface area contributed by atoms with Gasteiger partial charge in [0.1, 0.15) is 0 Å². The lowest BCUT2D eigenvalue weighted by atomic mass is 10.2. The van der Waals surface area contributed by atoms with E-state index in [9.17, 15) is 0 Å². The summed E-state index contributed by atoms with van der Waals surface area (Å²) in [7, 11) is 0. The second kappa shape index (κ2) is 5.07. The number of nitrogens with one attached hydrogen (secondary N) is 1. The Morgan fingerprint density at radius 3 is 2.77 bits per heavy atom. The van der Waals surface area contributed by atoms with Crippen molar-refractivity contribution in [2.45, 2.75) is 46.3 Å². The zero-order valence-electron chi connectivity index (χ0n) is 8.88. The van der Waals surface area contributed by atoms with Crippen LogP contribution in [0.4, 0.5) is 0 Å².